The van der Waals surface area contributed by atoms with E-state index in [0.717, 1.165) is 23.7 Å². The molecule has 0 bridgehead atoms. The molecule has 6 atom stereocenters. The minimum Gasteiger partial charge on any atom is -0.228 e. The zero-order valence-corrected chi connectivity index (χ0v) is 15.2. The van der Waals surface area contributed by atoms with Crippen LogP contribution in [-0.2, 0) is 5.54 Å². The molecule has 2 saturated carbocycles. The van der Waals surface area contributed by atoms with Gasteiger partial charge in [-0.2, -0.15) is 0 Å². The van der Waals surface area contributed by atoms with Crippen LogP contribution in [0.5, 0.6) is 0 Å². The Labute approximate surface area is 140 Å². The van der Waals surface area contributed by atoms with E-state index in [9.17, 15) is 0 Å². The van der Waals surface area contributed by atoms with Crippen LogP contribution in [0.2, 0.25) is 0 Å². The van der Waals surface area contributed by atoms with Gasteiger partial charge in [-0.3, -0.25) is 0 Å². The molecule has 5 rings (SSSR count). The van der Waals surface area contributed by atoms with Crippen molar-refractivity contribution in [3.63, 3.8) is 0 Å². The van der Waals surface area contributed by atoms with Crippen molar-refractivity contribution >= 4 is 6.20 Å². The first kappa shape index (κ1) is 14.3. The molecule has 4 aliphatic rings. The summed E-state index contributed by atoms with van der Waals surface area (Å²) < 4.78 is 5.20. The Morgan fingerprint density at radius 1 is 1.13 bits per heavy atom. The molecule has 0 amide bonds. The number of nitrogens with zero attached hydrogens (tertiary/aromatic N) is 2. The number of allylic oxidation sites excluding steroid dienone is 1. The summed E-state index contributed by atoms with van der Waals surface area (Å²) in [6, 6.07) is 0. The number of imidazole rings is 1. The lowest BCUT2D eigenvalue weighted by molar-refractivity contribution is -0.795. The van der Waals surface area contributed by atoms with Gasteiger partial charge in [0.25, 0.3) is 5.82 Å². The molecule has 3 heterocycles. The van der Waals surface area contributed by atoms with Crippen molar-refractivity contribution in [2.24, 2.45) is 23.2 Å². The van der Waals surface area contributed by atoms with Crippen LogP contribution in [0, 0.1) is 23.2 Å². The van der Waals surface area contributed by atoms with Crippen molar-refractivity contribution in [1.29, 1.82) is 0 Å². The third-order valence-corrected chi connectivity index (χ3v) is 8.90. The topological polar surface area (TPSA) is 8.81 Å². The van der Waals surface area contributed by atoms with Crippen molar-refractivity contribution in [3.05, 3.63) is 23.8 Å². The summed E-state index contributed by atoms with van der Waals surface area (Å²) in [6.45, 7) is 9.99. The normalized spacial score (nSPS) is 46.5. The Hall–Kier alpha value is -1.05. The zero-order valence-electron chi connectivity index (χ0n) is 15.2. The van der Waals surface area contributed by atoms with Gasteiger partial charge < -0.3 is 0 Å². The van der Waals surface area contributed by atoms with Gasteiger partial charge in [-0.05, 0) is 62.9 Å². The number of hydrogen-bond donors (Lipinski definition) is 0. The van der Waals surface area contributed by atoms with E-state index in [2.05, 4.69) is 55.4 Å². The summed E-state index contributed by atoms with van der Waals surface area (Å²) in [5.41, 5.74) is 2.42. The summed E-state index contributed by atoms with van der Waals surface area (Å²) in [5, 5.41) is 0. The highest BCUT2D eigenvalue weighted by Gasteiger charge is 2.65. The molecule has 1 aromatic heterocycles. The largest absolute Gasteiger partial charge is 0.265 e. The van der Waals surface area contributed by atoms with E-state index < -0.39 is 0 Å². The first-order chi connectivity index (χ1) is 11.0. The second kappa shape index (κ2) is 4.32. The van der Waals surface area contributed by atoms with Gasteiger partial charge in [-0.1, -0.05) is 20.8 Å². The van der Waals surface area contributed by atoms with Gasteiger partial charge >= 0.3 is 0 Å². The smallest absolute Gasteiger partial charge is 0.228 e. The monoisotopic (exact) mass is 311 g/mol. The number of aromatic nitrogens is 2. The van der Waals surface area contributed by atoms with E-state index in [1.165, 1.54) is 38.5 Å². The summed E-state index contributed by atoms with van der Waals surface area (Å²) in [4.78, 5) is 0. The Morgan fingerprint density at radius 3 is 2.70 bits per heavy atom. The van der Waals surface area contributed by atoms with E-state index in [4.69, 9.17) is 0 Å². The van der Waals surface area contributed by atoms with Crippen molar-refractivity contribution in [1.82, 2.24) is 4.57 Å². The van der Waals surface area contributed by atoms with Crippen LogP contribution in [-0.4, -0.2) is 4.57 Å². The van der Waals surface area contributed by atoms with Gasteiger partial charge in [0.2, 0.25) is 0 Å². The molecule has 6 unspecified atom stereocenters. The fraction of sp³-hybridized carbons (Fsp3) is 0.762. The quantitative estimate of drug-likeness (QED) is 0.700. The van der Waals surface area contributed by atoms with Crippen molar-refractivity contribution in [3.8, 4) is 0 Å². The molecule has 2 heteroatoms. The second-order valence-electron chi connectivity index (χ2n) is 9.07. The highest BCUT2D eigenvalue weighted by atomic mass is 15.2. The third-order valence-electron chi connectivity index (χ3n) is 8.90. The number of hydrogen-bond acceptors (Lipinski definition) is 0. The molecule has 0 radical (unpaired) electrons. The van der Waals surface area contributed by atoms with Crippen molar-refractivity contribution in [2.45, 2.75) is 77.7 Å². The molecule has 124 valence electrons. The van der Waals surface area contributed by atoms with Gasteiger partial charge in [-0.15, -0.1) is 0 Å². The number of rotatable bonds is 2. The lowest BCUT2D eigenvalue weighted by atomic mass is 9.49. The van der Waals surface area contributed by atoms with Crippen LogP contribution in [0.4, 0.5) is 0 Å². The van der Waals surface area contributed by atoms with Crippen LogP contribution >= 0.6 is 0 Å². The van der Waals surface area contributed by atoms with Gasteiger partial charge in [0.1, 0.15) is 17.9 Å². The van der Waals surface area contributed by atoms with Crippen LogP contribution in [0.15, 0.2) is 18.0 Å². The molecule has 0 N–H and O–H groups in total. The Kier molecular flexibility index (Phi) is 2.69. The highest BCUT2D eigenvalue weighted by Crippen LogP contribution is 2.65. The molecule has 23 heavy (non-hydrogen) atoms. The maximum absolute atomic E-state index is 2.70. The zero-order chi connectivity index (χ0) is 16.0. The van der Waals surface area contributed by atoms with Crippen LogP contribution in [0.1, 0.15) is 78.0 Å². The highest BCUT2D eigenvalue weighted by molar-refractivity contribution is 5.43. The Balaban J connectivity index is 1.82. The van der Waals surface area contributed by atoms with Gasteiger partial charge in [0, 0.05) is 11.3 Å². The van der Waals surface area contributed by atoms with Gasteiger partial charge in [0.15, 0.2) is 0 Å². The average Bonchev–Trinajstić information content (AvgIpc) is 3.18. The maximum atomic E-state index is 2.70. The lowest BCUT2D eigenvalue weighted by Crippen LogP contribution is -2.71. The summed E-state index contributed by atoms with van der Waals surface area (Å²) in [7, 11) is 0. The molecular formula is C21H31N2+. The summed E-state index contributed by atoms with van der Waals surface area (Å²) in [5.74, 6) is 5.08. The van der Waals surface area contributed by atoms with Gasteiger partial charge in [-0.25, -0.2) is 9.13 Å². The first-order valence-electron chi connectivity index (χ1n) is 9.88. The predicted octanol–water partition coefficient (Wildman–Crippen LogP) is 4.71. The molecule has 2 aliphatic carbocycles. The predicted molar refractivity (Wildman–Crippen MR) is 92.9 cm³/mol. The minimum absolute atomic E-state index is 0.250. The Morgan fingerprint density at radius 2 is 1.96 bits per heavy atom. The summed E-state index contributed by atoms with van der Waals surface area (Å²) in [6.07, 6.45) is 15.5. The van der Waals surface area contributed by atoms with E-state index in [0.29, 0.717) is 5.41 Å². The molecule has 0 saturated heterocycles. The standard InChI is InChI=1S/C21H31N2/c1-5-20(3)16-10-9-14-7-8-15-13-22-11-12-23(21(20,4)6-2)19(22)18(16)17(14)15/h11-14,16-18H,5-10H2,1-4H3/q+1. The fourth-order valence-corrected chi connectivity index (χ4v) is 7.22. The van der Waals surface area contributed by atoms with Crippen LogP contribution < -0.4 is 4.57 Å². The molecule has 2 fully saturated rings. The van der Waals surface area contributed by atoms with E-state index >= 15 is 0 Å². The van der Waals surface area contributed by atoms with Crippen molar-refractivity contribution in [2.75, 3.05) is 0 Å². The maximum Gasteiger partial charge on any atom is 0.265 e. The van der Waals surface area contributed by atoms with Crippen LogP contribution in [0.25, 0.3) is 6.20 Å². The molecule has 0 aromatic carbocycles. The molecular weight excluding hydrogens is 280 g/mol. The average molecular weight is 311 g/mol. The SMILES string of the molecule is CCC1(C)C2CCC3CCC4=Cn5cc[n+](c5C2C43)C1(C)CC. The molecule has 2 nitrogen and oxygen atoms in total. The summed E-state index contributed by atoms with van der Waals surface area (Å²) >= 11 is 0. The van der Waals surface area contributed by atoms with Crippen molar-refractivity contribution < 1.29 is 4.57 Å². The Bertz CT molecular complexity index is 699. The fourth-order valence-electron chi connectivity index (χ4n) is 7.22. The van der Waals surface area contributed by atoms with Crippen LogP contribution in [0.3, 0.4) is 0 Å². The van der Waals surface area contributed by atoms with E-state index in [-0.39, 0.29) is 5.54 Å². The molecule has 2 aliphatic heterocycles. The first-order valence-corrected chi connectivity index (χ1v) is 9.88. The molecule has 0 spiro atoms. The van der Waals surface area contributed by atoms with E-state index in [1.54, 1.807) is 11.4 Å². The van der Waals surface area contributed by atoms with E-state index in [1.807, 2.05) is 0 Å². The third kappa shape index (κ3) is 1.41. The minimum atomic E-state index is 0.250. The second-order valence-corrected chi connectivity index (χ2v) is 9.07. The lowest BCUT2D eigenvalue weighted by Gasteiger charge is -2.58. The van der Waals surface area contributed by atoms with Gasteiger partial charge in [0.05, 0.1) is 12.1 Å². The molecule has 1 aromatic rings.